The summed E-state index contributed by atoms with van der Waals surface area (Å²) in [5.41, 5.74) is 1.33. The number of rotatable bonds is 9. The molecule has 3 N–H and O–H groups in total. The van der Waals surface area contributed by atoms with Gasteiger partial charge in [-0.3, -0.25) is 25.1 Å². The summed E-state index contributed by atoms with van der Waals surface area (Å²) in [7, 11) is 4.97. The first-order valence-electron chi connectivity index (χ1n) is 11.5. The van der Waals surface area contributed by atoms with E-state index < -0.39 is 11.6 Å². The SMILES string of the molecule is COCCNc1cc(NC(=O)N2c3nc(C=O)ccc3C3(NCC(=O)N(C)C)CC2C3)ncc1C#N. The van der Waals surface area contributed by atoms with Gasteiger partial charge in [-0.25, -0.2) is 14.8 Å². The Morgan fingerprint density at radius 1 is 1.36 bits per heavy atom. The summed E-state index contributed by atoms with van der Waals surface area (Å²) < 4.78 is 5.03. The highest BCUT2D eigenvalue weighted by Crippen LogP contribution is 2.52. The number of ether oxygens (including phenoxy) is 1. The molecule has 2 bridgehead atoms. The minimum absolute atomic E-state index is 0.0613. The van der Waals surface area contributed by atoms with E-state index in [1.54, 1.807) is 39.4 Å². The molecule has 2 aliphatic heterocycles. The summed E-state index contributed by atoms with van der Waals surface area (Å²) in [4.78, 5) is 48.7. The lowest BCUT2D eigenvalue weighted by molar-refractivity contribution is -0.128. The van der Waals surface area contributed by atoms with Gasteiger partial charge in [0.25, 0.3) is 0 Å². The molecule has 3 amide bonds. The standard InChI is InChI=1S/C24H28N8O4/c1-31(2)21(34)13-28-24-9-17(10-24)32(22-18(24)5-4-16(14-33)29-22)23(35)30-20-8-19(26-6-7-36-3)15(11-25)12-27-20/h4-5,8,12,14,17,28H,6-7,9-10,13H2,1-3H3,(H2,26,27,30,35). The molecule has 0 saturated heterocycles. The largest absolute Gasteiger partial charge is 0.383 e. The molecule has 3 aliphatic rings. The molecule has 0 atom stereocenters. The van der Waals surface area contributed by atoms with Crippen molar-refractivity contribution in [1.29, 1.82) is 5.26 Å². The van der Waals surface area contributed by atoms with Crippen molar-refractivity contribution in [1.82, 2.24) is 20.2 Å². The van der Waals surface area contributed by atoms with Crippen LogP contribution in [0.1, 0.15) is 34.5 Å². The summed E-state index contributed by atoms with van der Waals surface area (Å²) in [5.74, 6) is 0.572. The zero-order valence-corrected chi connectivity index (χ0v) is 20.4. The predicted molar refractivity (Wildman–Crippen MR) is 132 cm³/mol. The van der Waals surface area contributed by atoms with E-state index in [-0.39, 0.29) is 30.0 Å². The Kier molecular flexibility index (Phi) is 7.14. The molecule has 188 valence electrons. The number of hydrogen-bond donors (Lipinski definition) is 3. The average molecular weight is 493 g/mol. The Morgan fingerprint density at radius 2 is 2.14 bits per heavy atom. The third-order valence-electron chi connectivity index (χ3n) is 6.47. The molecule has 12 heteroatoms. The molecule has 0 unspecified atom stereocenters. The van der Waals surface area contributed by atoms with Crippen molar-refractivity contribution in [2.75, 3.05) is 56.4 Å². The molecule has 1 fully saturated rings. The number of nitrogens with zero attached hydrogens (tertiary/aromatic N) is 5. The van der Waals surface area contributed by atoms with E-state index in [0.29, 0.717) is 49.3 Å². The Balaban J connectivity index is 1.58. The van der Waals surface area contributed by atoms with Crippen LogP contribution in [0.2, 0.25) is 0 Å². The third kappa shape index (κ3) is 4.71. The molecular formula is C24H28N8O4. The van der Waals surface area contributed by atoms with Gasteiger partial charge in [0.2, 0.25) is 5.91 Å². The molecule has 5 rings (SSSR count). The molecule has 2 aromatic heterocycles. The summed E-state index contributed by atoms with van der Waals surface area (Å²) in [6.45, 7) is 1.07. The predicted octanol–water partition coefficient (Wildman–Crippen LogP) is 1.31. The molecule has 4 heterocycles. The van der Waals surface area contributed by atoms with Gasteiger partial charge < -0.3 is 15.0 Å². The van der Waals surface area contributed by atoms with Crippen LogP contribution < -0.4 is 20.9 Å². The number of urea groups is 1. The normalized spacial score (nSPS) is 19.4. The van der Waals surface area contributed by atoms with Gasteiger partial charge in [0.15, 0.2) is 6.29 Å². The van der Waals surface area contributed by atoms with Crippen LogP contribution in [0.25, 0.3) is 0 Å². The van der Waals surface area contributed by atoms with E-state index in [2.05, 4.69) is 32.0 Å². The summed E-state index contributed by atoms with van der Waals surface area (Å²) in [6, 6.07) is 6.43. The number of methoxy groups -OCH3 is 1. The minimum Gasteiger partial charge on any atom is -0.383 e. The lowest BCUT2D eigenvalue weighted by atomic mass is 9.64. The molecule has 1 aliphatic carbocycles. The second-order valence-electron chi connectivity index (χ2n) is 8.96. The fourth-order valence-corrected chi connectivity index (χ4v) is 4.53. The molecule has 36 heavy (non-hydrogen) atoms. The highest BCUT2D eigenvalue weighted by Gasteiger charge is 2.56. The van der Waals surface area contributed by atoms with Crippen LogP contribution in [0.3, 0.4) is 0 Å². The molecule has 2 aromatic rings. The first-order valence-corrected chi connectivity index (χ1v) is 11.5. The van der Waals surface area contributed by atoms with Gasteiger partial charge in [0, 0.05) is 51.6 Å². The highest BCUT2D eigenvalue weighted by atomic mass is 16.5. The van der Waals surface area contributed by atoms with Crippen LogP contribution in [0.15, 0.2) is 24.4 Å². The number of carbonyl (C=O) groups is 3. The maximum Gasteiger partial charge on any atom is 0.328 e. The van der Waals surface area contributed by atoms with Gasteiger partial charge in [-0.2, -0.15) is 5.26 Å². The Hall–Kier alpha value is -4.08. The molecular weight excluding hydrogens is 464 g/mol. The minimum atomic E-state index is -0.498. The number of likely N-dealkylation sites (N-methyl/N-ethyl adjacent to an activating group) is 1. The van der Waals surface area contributed by atoms with Crippen molar-refractivity contribution in [2.24, 2.45) is 0 Å². The van der Waals surface area contributed by atoms with E-state index in [9.17, 15) is 19.6 Å². The van der Waals surface area contributed by atoms with E-state index in [1.165, 1.54) is 16.0 Å². The summed E-state index contributed by atoms with van der Waals surface area (Å²) in [5, 5.41) is 18.6. The van der Waals surface area contributed by atoms with Crippen molar-refractivity contribution in [2.45, 2.75) is 24.4 Å². The Bertz CT molecular complexity index is 1220. The Labute approximate surface area is 208 Å². The van der Waals surface area contributed by atoms with Gasteiger partial charge in [0.1, 0.15) is 23.4 Å². The van der Waals surface area contributed by atoms with Crippen molar-refractivity contribution in [3.63, 3.8) is 0 Å². The van der Waals surface area contributed by atoms with E-state index in [0.717, 1.165) is 5.56 Å². The van der Waals surface area contributed by atoms with Gasteiger partial charge in [-0.15, -0.1) is 0 Å². The van der Waals surface area contributed by atoms with Crippen LogP contribution in [-0.2, 0) is 15.1 Å². The topological polar surface area (TPSA) is 153 Å². The fraction of sp³-hybridized carbons (Fsp3) is 0.417. The zero-order chi connectivity index (χ0) is 25.9. The van der Waals surface area contributed by atoms with Crippen LogP contribution in [0, 0.1) is 11.3 Å². The maximum atomic E-state index is 13.4. The van der Waals surface area contributed by atoms with Gasteiger partial charge in [-0.1, -0.05) is 6.07 Å². The number of aromatic nitrogens is 2. The quantitative estimate of drug-likeness (QED) is 0.347. The van der Waals surface area contributed by atoms with Gasteiger partial charge in [-0.05, 0) is 18.9 Å². The van der Waals surface area contributed by atoms with Crippen LogP contribution in [-0.4, -0.2) is 80.0 Å². The average Bonchev–Trinajstić information content (AvgIpc) is 2.85. The van der Waals surface area contributed by atoms with Crippen molar-refractivity contribution < 1.29 is 19.1 Å². The van der Waals surface area contributed by atoms with Gasteiger partial charge in [0.05, 0.1) is 29.9 Å². The third-order valence-corrected chi connectivity index (χ3v) is 6.47. The number of pyridine rings is 2. The first-order chi connectivity index (χ1) is 17.3. The highest BCUT2D eigenvalue weighted by molar-refractivity contribution is 6.03. The van der Waals surface area contributed by atoms with Crippen molar-refractivity contribution in [3.8, 4) is 6.07 Å². The number of aldehydes is 1. The fourth-order valence-electron chi connectivity index (χ4n) is 4.53. The Morgan fingerprint density at radius 3 is 2.81 bits per heavy atom. The molecule has 12 nitrogen and oxygen atoms in total. The van der Waals surface area contributed by atoms with Crippen molar-refractivity contribution in [3.05, 3.63) is 41.2 Å². The molecule has 0 radical (unpaired) electrons. The number of nitrogens with one attached hydrogen (secondary N) is 3. The smallest absolute Gasteiger partial charge is 0.328 e. The number of carbonyl (C=O) groups excluding carboxylic acids is 3. The number of anilines is 3. The van der Waals surface area contributed by atoms with Gasteiger partial charge >= 0.3 is 6.03 Å². The maximum absolute atomic E-state index is 13.4. The first kappa shape index (κ1) is 25.0. The van der Waals surface area contributed by atoms with E-state index in [4.69, 9.17) is 4.74 Å². The number of amides is 3. The lowest BCUT2D eigenvalue weighted by Gasteiger charge is -2.57. The van der Waals surface area contributed by atoms with Crippen molar-refractivity contribution >= 4 is 35.5 Å². The lowest BCUT2D eigenvalue weighted by Crippen LogP contribution is -2.67. The van der Waals surface area contributed by atoms with E-state index >= 15 is 0 Å². The second kappa shape index (κ2) is 10.3. The molecule has 0 aromatic carbocycles. The molecule has 0 spiro atoms. The monoisotopic (exact) mass is 492 g/mol. The van der Waals surface area contributed by atoms with E-state index in [1.807, 2.05) is 0 Å². The summed E-state index contributed by atoms with van der Waals surface area (Å²) >= 11 is 0. The summed E-state index contributed by atoms with van der Waals surface area (Å²) in [6.07, 6.45) is 3.21. The second-order valence-corrected chi connectivity index (χ2v) is 8.96. The van der Waals surface area contributed by atoms with Crippen LogP contribution in [0.5, 0.6) is 0 Å². The van der Waals surface area contributed by atoms with Crippen LogP contribution in [0.4, 0.5) is 22.1 Å². The molecule has 1 saturated carbocycles. The number of nitriles is 1. The van der Waals surface area contributed by atoms with Crippen LogP contribution >= 0.6 is 0 Å². The number of hydrogen-bond acceptors (Lipinski definition) is 9. The zero-order valence-electron chi connectivity index (χ0n) is 20.4.